The number of carbonyl (C=O) groups is 2. The van der Waals surface area contributed by atoms with E-state index in [9.17, 15) is 9.59 Å². The van der Waals surface area contributed by atoms with Crippen molar-refractivity contribution in [3.05, 3.63) is 23.9 Å². The van der Waals surface area contributed by atoms with Gasteiger partial charge in [-0.15, -0.1) is 11.8 Å². The predicted octanol–water partition coefficient (Wildman–Crippen LogP) is 2.69. The summed E-state index contributed by atoms with van der Waals surface area (Å²) in [6.07, 6.45) is 3.83. The number of pyridine rings is 1. The molecule has 128 valence electrons. The third kappa shape index (κ3) is 6.90. The molecule has 2 N–H and O–H groups in total. The summed E-state index contributed by atoms with van der Waals surface area (Å²) < 4.78 is 4.91. The third-order valence-electron chi connectivity index (χ3n) is 3.07. The first-order valence-electron chi connectivity index (χ1n) is 7.68. The Hall–Kier alpha value is -1.76. The fraction of sp³-hybridized carbons (Fsp3) is 0.562. The van der Waals surface area contributed by atoms with E-state index in [4.69, 9.17) is 4.74 Å². The summed E-state index contributed by atoms with van der Waals surface area (Å²) in [6, 6.07) is 3.30. The first kappa shape index (κ1) is 19.3. The Bertz CT molecular complexity index is 523. The van der Waals surface area contributed by atoms with Crippen LogP contribution in [0.2, 0.25) is 0 Å². The van der Waals surface area contributed by atoms with Crippen molar-refractivity contribution < 1.29 is 14.3 Å². The molecule has 0 aliphatic heterocycles. The van der Waals surface area contributed by atoms with Gasteiger partial charge in [-0.05, 0) is 37.7 Å². The second-order valence-corrected chi connectivity index (χ2v) is 6.26. The average Bonchev–Trinajstić information content (AvgIpc) is 2.51. The number of thioether (sulfide) groups is 1. The van der Waals surface area contributed by atoms with Crippen molar-refractivity contribution in [2.45, 2.75) is 38.3 Å². The van der Waals surface area contributed by atoms with Gasteiger partial charge in [0.25, 0.3) is 5.91 Å². The van der Waals surface area contributed by atoms with Crippen molar-refractivity contribution in [2.75, 3.05) is 19.4 Å². The van der Waals surface area contributed by atoms with E-state index in [1.54, 1.807) is 25.3 Å². The van der Waals surface area contributed by atoms with Gasteiger partial charge in [0.05, 0.1) is 12.2 Å². The lowest BCUT2D eigenvalue weighted by Crippen LogP contribution is -2.44. The summed E-state index contributed by atoms with van der Waals surface area (Å²) in [5.41, 5.74) is 0.541. The van der Waals surface area contributed by atoms with Crippen LogP contribution in [-0.2, 0) is 4.74 Å². The van der Waals surface area contributed by atoms with Gasteiger partial charge in [0.1, 0.15) is 5.03 Å². The number of carbonyl (C=O) groups excluding carboxylic acids is 2. The Balaban J connectivity index is 2.65. The van der Waals surface area contributed by atoms with Crippen LogP contribution in [0.3, 0.4) is 0 Å². The molecular weight excluding hydrogens is 314 g/mol. The van der Waals surface area contributed by atoms with Gasteiger partial charge in [-0.1, -0.05) is 13.8 Å². The Morgan fingerprint density at radius 1 is 1.39 bits per heavy atom. The Labute approximate surface area is 141 Å². The molecule has 6 nitrogen and oxygen atoms in total. The minimum Gasteiger partial charge on any atom is -0.450 e. The van der Waals surface area contributed by atoms with Crippen LogP contribution in [0.5, 0.6) is 0 Å². The van der Waals surface area contributed by atoms with Crippen molar-refractivity contribution in [3.63, 3.8) is 0 Å². The van der Waals surface area contributed by atoms with Crippen LogP contribution in [0.25, 0.3) is 0 Å². The molecule has 0 bridgehead atoms. The molecule has 0 aromatic carbocycles. The van der Waals surface area contributed by atoms with Crippen molar-refractivity contribution in [1.29, 1.82) is 0 Å². The smallest absolute Gasteiger partial charge is 0.407 e. The van der Waals surface area contributed by atoms with Crippen LogP contribution in [0.4, 0.5) is 4.79 Å². The standard InChI is InChI=1S/C16H25N3O3S/c1-5-22-16(21)19-12(9-11(2)3)10-18-14(20)13-7-6-8-17-15(13)23-4/h6-8,11-12H,5,9-10H2,1-4H3,(H,18,20)(H,19,21)/t12-/m0/s1. The second kappa shape index (κ2) is 10.1. The van der Waals surface area contributed by atoms with E-state index in [1.165, 1.54) is 11.8 Å². The Morgan fingerprint density at radius 2 is 2.13 bits per heavy atom. The normalized spacial score (nSPS) is 11.9. The Kier molecular flexibility index (Phi) is 8.47. The molecule has 0 fully saturated rings. The van der Waals surface area contributed by atoms with E-state index in [2.05, 4.69) is 29.5 Å². The summed E-state index contributed by atoms with van der Waals surface area (Å²) in [5, 5.41) is 6.34. The molecule has 1 aromatic heterocycles. The number of nitrogens with one attached hydrogen (secondary N) is 2. The zero-order valence-electron chi connectivity index (χ0n) is 14.1. The molecule has 2 amide bonds. The monoisotopic (exact) mass is 339 g/mol. The van der Waals surface area contributed by atoms with E-state index in [0.29, 0.717) is 29.7 Å². The highest BCUT2D eigenvalue weighted by molar-refractivity contribution is 7.98. The second-order valence-electron chi connectivity index (χ2n) is 5.46. The summed E-state index contributed by atoms with van der Waals surface area (Å²) >= 11 is 1.42. The lowest BCUT2D eigenvalue weighted by atomic mass is 10.0. The highest BCUT2D eigenvalue weighted by Crippen LogP contribution is 2.16. The minimum absolute atomic E-state index is 0.174. The fourth-order valence-electron chi connectivity index (χ4n) is 2.14. The SMILES string of the molecule is CCOC(=O)N[C@H](CNC(=O)c1cccnc1SC)CC(C)C. The molecule has 0 spiro atoms. The number of aromatic nitrogens is 1. The number of nitrogens with zero attached hydrogens (tertiary/aromatic N) is 1. The Morgan fingerprint density at radius 3 is 2.74 bits per heavy atom. The minimum atomic E-state index is -0.460. The van der Waals surface area contributed by atoms with Gasteiger partial charge in [-0.2, -0.15) is 0 Å². The van der Waals surface area contributed by atoms with Crippen molar-refractivity contribution in [2.24, 2.45) is 5.92 Å². The van der Waals surface area contributed by atoms with Gasteiger partial charge in [-0.3, -0.25) is 4.79 Å². The molecule has 0 aliphatic rings. The van der Waals surface area contributed by atoms with Crippen molar-refractivity contribution >= 4 is 23.8 Å². The number of hydrogen-bond acceptors (Lipinski definition) is 5. The van der Waals surface area contributed by atoms with Crippen molar-refractivity contribution in [3.8, 4) is 0 Å². The van der Waals surface area contributed by atoms with Gasteiger partial charge < -0.3 is 15.4 Å². The molecule has 0 saturated heterocycles. The van der Waals surface area contributed by atoms with Crippen LogP contribution >= 0.6 is 11.8 Å². The molecule has 1 aromatic rings. The largest absolute Gasteiger partial charge is 0.450 e. The highest BCUT2D eigenvalue weighted by atomic mass is 32.2. The molecule has 1 heterocycles. The first-order chi connectivity index (χ1) is 11.0. The lowest BCUT2D eigenvalue weighted by molar-refractivity contribution is 0.0941. The molecule has 1 rings (SSSR count). The average molecular weight is 339 g/mol. The number of ether oxygens (including phenoxy) is 1. The maximum atomic E-state index is 12.3. The van der Waals surface area contributed by atoms with E-state index in [-0.39, 0.29) is 11.9 Å². The molecule has 0 radical (unpaired) electrons. The van der Waals surface area contributed by atoms with Crippen LogP contribution in [0.15, 0.2) is 23.4 Å². The fourth-order valence-corrected chi connectivity index (χ4v) is 2.69. The topological polar surface area (TPSA) is 80.3 Å². The number of alkyl carbamates (subject to hydrolysis) is 1. The van der Waals surface area contributed by atoms with Crippen LogP contribution < -0.4 is 10.6 Å². The summed E-state index contributed by atoms with van der Waals surface area (Å²) in [5.74, 6) is 0.195. The molecule has 23 heavy (non-hydrogen) atoms. The van der Waals surface area contributed by atoms with Gasteiger partial charge in [-0.25, -0.2) is 9.78 Å². The van der Waals surface area contributed by atoms with E-state index in [0.717, 1.165) is 6.42 Å². The zero-order valence-corrected chi connectivity index (χ0v) is 14.9. The number of amides is 2. The molecule has 1 atom stereocenters. The van der Waals surface area contributed by atoms with Gasteiger partial charge in [0.2, 0.25) is 0 Å². The summed E-state index contributed by atoms with van der Waals surface area (Å²) in [7, 11) is 0. The van der Waals surface area contributed by atoms with Crippen LogP contribution in [0.1, 0.15) is 37.6 Å². The molecule has 0 unspecified atom stereocenters. The van der Waals surface area contributed by atoms with Gasteiger partial charge >= 0.3 is 6.09 Å². The molecule has 0 saturated carbocycles. The van der Waals surface area contributed by atoms with Gasteiger partial charge in [0.15, 0.2) is 0 Å². The number of hydrogen-bond donors (Lipinski definition) is 2. The van der Waals surface area contributed by atoms with Gasteiger partial charge in [0, 0.05) is 18.8 Å². The number of rotatable bonds is 8. The van der Waals surface area contributed by atoms with E-state index >= 15 is 0 Å². The quantitative estimate of drug-likeness (QED) is 0.712. The van der Waals surface area contributed by atoms with Crippen LogP contribution in [0, 0.1) is 5.92 Å². The summed E-state index contributed by atoms with van der Waals surface area (Å²) in [4.78, 5) is 28.1. The van der Waals surface area contributed by atoms with E-state index < -0.39 is 6.09 Å². The first-order valence-corrected chi connectivity index (χ1v) is 8.90. The third-order valence-corrected chi connectivity index (χ3v) is 3.78. The molecular formula is C16H25N3O3S. The van der Waals surface area contributed by atoms with E-state index in [1.807, 2.05) is 6.26 Å². The lowest BCUT2D eigenvalue weighted by Gasteiger charge is -2.21. The maximum absolute atomic E-state index is 12.3. The summed E-state index contributed by atoms with van der Waals surface area (Å²) in [6.45, 7) is 6.55. The maximum Gasteiger partial charge on any atom is 0.407 e. The van der Waals surface area contributed by atoms with Crippen molar-refractivity contribution in [1.82, 2.24) is 15.6 Å². The zero-order chi connectivity index (χ0) is 17.2. The molecule has 7 heteroatoms. The predicted molar refractivity (Wildman–Crippen MR) is 91.8 cm³/mol. The molecule has 0 aliphatic carbocycles. The van der Waals surface area contributed by atoms with Crippen LogP contribution in [-0.4, -0.2) is 42.4 Å². The highest BCUT2D eigenvalue weighted by Gasteiger charge is 2.17.